The molecule has 0 aliphatic rings. The van der Waals surface area contributed by atoms with Gasteiger partial charge in [-0.15, -0.1) is 11.3 Å². The summed E-state index contributed by atoms with van der Waals surface area (Å²) in [5.41, 5.74) is 2.44. The molecule has 3 aromatic rings. The summed E-state index contributed by atoms with van der Waals surface area (Å²) in [7, 11) is 0. The molecular formula is C15H12ClN2S. The van der Waals surface area contributed by atoms with Crippen LogP contribution in [0.25, 0.3) is 10.2 Å². The van der Waals surface area contributed by atoms with Gasteiger partial charge in [0.2, 0.25) is 0 Å². The first-order chi connectivity index (χ1) is 9.22. The lowest BCUT2D eigenvalue weighted by molar-refractivity contribution is 0.869. The lowest BCUT2D eigenvalue weighted by Gasteiger charge is -2.01. The van der Waals surface area contributed by atoms with Crippen LogP contribution in [0.4, 0.5) is 0 Å². The van der Waals surface area contributed by atoms with Crippen LogP contribution in [0.15, 0.2) is 29.6 Å². The molecule has 0 N–H and O–H groups in total. The second-order valence-electron chi connectivity index (χ2n) is 4.48. The van der Waals surface area contributed by atoms with Crippen LogP contribution in [0.5, 0.6) is 0 Å². The number of hydrogen-bond donors (Lipinski definition) is 0. The van der Waals surface area contributed by atoms with E-state index < -0.39 is 0 Å². The minimum Gasteiger partial charge on any atom is -0.230 e. The third-order valence-corrected chi connectivity index (χ3v) is 4.28. The molecule has 2 nitrogen and oxygen atoms in total. The van der Waals surface area contributed by atoms with E-state index in [0.29, 0.717) is 0 Å². The number of fused-ring (bicyclic) bond motifs is 1. The van der Waals surface area contributed by atoms with Crippen LogP contribution in [0, 0.1) is 13.1 Å². The van der Waals surface area contributed by atoms with E-state index in [4.69, 9.17) is 11.6 Å². The molecule has 0 fully saturated rings. The number of hydrogen-bond acceptors (Lipinski definition) is 3. The van der Waals surface area contributed by atoms with Crippen LogP contribution >= 0.6 is 22.9 Å². The van der Waals surface area contributed by atoms with Crippen molar-refractivity contribution in [2.75, 3.05) is 0 Å². The Bertz CT molecular complexity index is 704. The highest BCUT2D eigenvalue weighted by molar-refractivity contribution is 7.16. The molecule has 19 heavy (non-hydrogen) atoms. The maximum atomic E-state index is 5.87. The topological polar surface area (TPSA) is 25.8 Å². The zero-order chi connectivity index (χ0) is 13.2. The highest BCUT2D eigenvalue weighted by Crippen LogP contribution is 2.22. The normalized spacial score (nSPS) is 11.1. The van der Waals surface area contributed by atoms with E-state index in [0.717, 1.165) is 33.9 Å². The van der Waals surface area contributed by atoms with Gasteiger partial charge in [0, 0.05) is 16.8 Å². The molecule has 1 aromatic carbocycles. The van der Waals surface area contributed by atoms with Gasteiger partial charge in [0.15, 0.2) is 0 Å². The molecule has 3 rings (SSSR count). The summed E-state index contributed by atoms with van der Waals surface area (Å²) in [6.45, 7) is 2.06. The van der Waals surface area contributed by atoms with Crippen molar-refractivity contribution >= 4 is 33.2 Å². The number of nitrogens with zero attached hydrogens (tertiary/aromatic N) is 2. The van der Waals surface area contributed by atoms with Crippen molar-refractivity contribution in [3.63, 3.8) is 0 Å². The molecular weight excluding hydrogens is 276 g/mol. The molecule has 4 heteroatoms. The predicted molar refractivity (Wildman–Crippen MR) is 79.8 cm³/mol. The highest BCUT2D eigenvalue weighted by Gasteiger charge is 2.05. The molecule has 2 aromatic heterocycles. The average molecular weight is 288 g/mol. The Hall–Kier alpha value is -1.45. The molecule has 1 radical (unpaired) electrons. The first kappa shape index (κ1) is 12.6. The van der Waals surface area contributed by atoms with Gasteiger partial charge in [0.05, 0.1) is 0 Å². The van der Waals surface area contributed by atoms with Crippen molar-refractivity contribution in [1.82, 2.24) is 9.97 Å². The summed E-state index contributed by atoms with van der Waals surface area (Å²) in [4.78, 5) is 9.92. The third-order valence-electron chi connectivity index (χ3n) is 3.03. The Kier molecular flexibility index (Phi) is 3.49. The van der Waals surface area contributed by atoms with E-state index in [9.17, 15) is 0 Å². The van der Waals surface area contributed by atoms with E-state index in [1.54, 1.807) is 11.3 Å². The molecule has 0 aliphatic carbocycles. The van der Waals surface area contributed by atoms with Crippen molar-refractivity contribution in [1.29, 1.82) is 0 Å². The molecule has 0 spiro atoms. The molecule has 0 bridgehead atoms. The average Bonchev–Trinajstić information content (AvgIpc) is 2.79. The lowest BCUT2D eigenvalue weighted by atomic mass is 10.1. The highest BCUT2D eigenvalue weighted by atomic mass is 35.5. The third kappa shape index (κ3) is 2.77. The SMILES string of the molecule is Cc1csc2nc(CCc3ccc(Cl)cc3)n[c]c12. The monoisotopic (exact) mass is 287 g/mol. The summed E-state index contributed by atoms with van der Waals surface area (Å²) in [5, 5.41) is 3.91. The van der Waals surface area contributed by atoms with E-state index in [1.165, 1.54) is 11.1 Å². The summed E-state index contributed by atoms with van der Waals surface area (Å²) in [6.07, 6.45) is 4.83. The van der Waals surface area contributed by atoms with Gasteiger partial charge in [-0.05, 0) is 42.0 Å². The van der Waals surface area contributed by atoms with Crippen molar-refractivity contribution in [2.24, 2.45) is 0 Å². The number of aryl methyl sites for hydroxylation is 3. The van der Waals surface area contributed by atoms with Crippen LogP contribution in [0.2, 0.25) is 5.02 Å². The standard InChI is InChI=1S/C15H12ClN2S/c1-10-9-19-15-13(10)8-17-14(18-15)7-4-11-2-5-12(16)6-3-11/h2-3,5-6,9H,4,7H2,1H3. The minimum atomic E-state index is 0.767. The Morgan fingerprint density at radius 2 is 2.00 bits per heavy atom. The molecule has 0 atom stereocenters. The van der Waals surface area contributed by atoms with E-state index in [2.05, 4.69) is 28.5 Å². The largest absolute Gasteiger partial charge is 0.230 e. The number of rotatable bonds is 3. The second kappa shape index (κ2) is 5.27. The molecule has 0 unspecified atom stereocenters. The zero-order valence-electron chi connectivity index (χ0n) is 10.5. The quantitative estimate of drug-likeness (QED) is 0.720. The maximum absolute atomic E-state index is 5.87. The summed E-state index contributed by atoms with van der Waals surface area (Å²) in [5.74, 6) is 0.851. The van der Waals surface area contributed by atoms with Crippen molar-refractivity contribution in [2.45, 2.75) is 19.8 Å². The smallest absolute Gasteiger partial charge is 0.131 e. The van der Waals surface area contributed by atoms with Crippen LogP contribution in [-0.2, 0) is 12.8 Å². The second-order valence-corrected chi connectivity index (χ2v) is 5.77. The Morgan fingerprint density at radius 1 is 1.21 bits per heavy atom. The first-order valence-electron chi connectivity index (χ1n) is 6.09. The van der Waals surface area contributed by atoms with Gasteiger partial charge in [0.1, 0.15) is 16.9 Å². The zero-order valence-corrected chi connectivity index (χ0v) is 12.1. The number of halogens is 1. The number of thiophene rings is 1. The van der Waals surface area contributed by atoms with Gasteiger partial charge >= 0.3 is 0 Å². The van der Waals surface area contributed by atoms with Gasteiger partial charge in [0.25, 0.3) is 0 Å². The Labute approximate surface area is 121 Å². The van der Waals surface area contributed by atoms with Crippen LogP contribution in [0.1, 0.15) is 17.0 Å². The van der Waals surface area contributed by atoms with Gasteiger partial charge in [-0.2, -0.15) is 0 Å². The fourth-order valence-electron chi connectivity index (χ4n) is 1.93. The predicted octanol–water partition coefficient (Wildman–Crippen LogP) is 4.24. The Morgan fingerprint density at radius 3 is 2.79 bits per heavy atom. The van der Waals surface area contributed by atoms with Crippen molar-refractivity contribution in [3.8, 4) is 0 Å². The molecule has 0 amide bonds. The fourth-order valence-corrected chi connectivity index (χ4v) is 2.95. The maximum Gasteiger partial charge on any atom is 0.131 e. The van der Waals surface area contributed by atoms with Crippen LogP contribution < -0.4 is 0 Å². The lowest BCUT2D eigenvalue weighted by Crippen LogP contribution is -1.97. The molecule has 2 heterocycles. The first-order valence-corrected chi connectivity index (χ1v) is 7.35. The number of aromatic nitrogens is 2. The summed E-state index contributed by atoms with van der Waals surface area (Å²) >= 11 is 7.52. The van der Waals surface area contributed by atoms with E-state index in [-0.39, 0.29) is 0 Å². The van der Waals surface area contributed by atoms with Crippen LogP contribution in [0.3, 0.4) is 0 Å². The Balaban J connectivity index is 1.76. The van der Waals surface area contributed by atoms with Gasteiger partial charge in [-0.25, -0.2) is 9.97 Å². The van der Waals surface area contributed by atoms with Gasteiger partial charge < -0.3 is 0 Å². The van der Waals surface area contributed by atoms with Gasteiger partial charge in [-0.1, -0.05) is 23.7 Å². The van der Waals surface area contributed by atoms with Crippen molar-refractivity contribution in [3.05, 3.63) is 57.8 Å². The molecule has 0 saturated heterocycles. The fraction of sp³-hybridized carbons (Fsp3) is 0.200. The minimum absolute atomic E-state index is 0.767. The van der Waals surface area contributed by atoms with Gasteiger partial charge in [-0.3, -0.25) is 0 Å². The molecule has 0 aliphatic heterocycles. The van der Waals surface area contributed by atoms with E-state index >= 15 is 0 Å². The number of benzene rings is 1. The summed E-state index contributed by atoms with van der Waals surface area (Å²) < 4.78 is 0. The van der Waals surface area contributed by atoms with Crippen molar-refractivity contribution < 1.29 is 0 Å². The van der Waals surface area contributed by atoms with E-state index in [1.807, 2.05) is 24.3 Å². The van der Waals surface area contributed by atoms with Crippen LogP contribution in [-0.4, -0.2) is 9.97 Å². The summed E-state index contributed by atoms with van der Waals surface area (Å²) in [6, 6.07) is 7.91. The molecule has 95 valence electrons. The molecule has 0 saturated carbocycles.